The monoisotopic (exact) mass is 310 g/mol. The highest BCUT2D eigenvalue weighted by molar-refractivity contribution is 5.31. The summed E-state index contributed by atoms with van der Waals surface area (Å²) in [5.41, 5.74) is 2.72. The van der Waals surface area contributed by atoms with E-state index < -0.39 is 0 Å². The Balaban J connectivity index is 1.64. The normalized spacial score (nSPS) is 22.0. The number of hydrogen-bond acceptors (Lipinski definition) is 3. The Labute approximate surface area is 139 Å². The van der Waals surface area contributed by atoms with Crippen molar-refractivity contribution in [2.24, 2.45) is 0 Å². The summed E-state index contributed by atoms with van der Waals surface area (Å²) in [5.74, 6) is 1.50. The van der Waals surface area contributed by atoms with Crippen LogP contribution in [0.1, 0.15) is 23.5 Å². The van der Waals surface area contributed by atoms with Crippen molar-refractivity contribution in [3.05, 3.63) is 65.7 Å². The van der Waals surface area contributed by atoms with E-state index in [2.05, 4.69) is 65.8 Å². The Morgan fingerprint density at radius 2 is 1.91 bits per heavy atom. The molecule has 0 bridgehead atoms. The first-order valence-electron chi connectivity index (χ1n) is 8.34. The van der Waals surface area contributed by atoms with Crippen LogP contribution in [0.3, 0.4) is 0 Å². The molecule has 122 valence electrons. The van der Waals surface area contributed by atoms with Gasteiger partial charge in [-0.15, -0.1) is 0 Å². The van der Waals surface area contributed by atoms with Crippen molar-refractivity contribution in [3.63, 3.8) is 0 Å². The quantitative estimate of drug-likeness (QED) is 0.917. The van der Waals surface area contributed by atoms with Gasteiger partial charge in [-0.05, 0) is 42.6 Å². The number of likely N-dealkylation sites (N-methyl/N-ethyl adjacent to an activating group) is 1. The maximum absolute atomic E-state index is 5.38. The van der Waals surface area contributed by atoms with Crippen LogP contribution in [0.5, 0.6) is 5.75 Å². The average molecular weight is 310 g/mol. The van der Waals surface area contributed by atoms with E-state index in [9.17, 15) is 0 Å². The number of likely N-dealkylation sites (tertiary alicyclic amines) is 1. The number of rotatable bonds is 5. The summed E-state index contributed by atoms with van der Waals surface area (Å²) >= 11 is 0. The molecule has 0 aromatic heterocycles. The second-order valence-electron chi connectivity index (χ2n) is 6.49. The topological polar surface area (TPSA) is 24.5 Å². The Morgan fingerprint density at radius 3 is 2.70 bits per heavy atom. The van der Waals surface area contributed by atoms with E-state index in [1.54, 1.807) is 7.11 Å². The first-order chi connectivity index (χ1) is 11.2. The lowest BCUT2D eigenvalue weighted by molar-refractivity contribution is 0.203. The van der Waals surface area contributed by atoms with Gasteiger partial charge in [0.05, 0.1) is 7.11 Å². The molecule has 1 N–H and O–H groups in total. The molecular formula is C20H26N2O. The number of piperidine rings is 1. The molecule has 1 saturated heterocycles. The van der Waals surface area contributed by atoms with Gasteiger partial charge in [-0.25, -0.2) is 0 Å². The molecule has 2 aromatic rings. The zero-order chi connectivity index (χ0) is 16.1. The highest BCUT2D eigenvalue weighted by atomic mass is 16.5. The smallest absolute Gasteiger partial charge is 0.119 e. The maximum Gasteiger partial charge on any atom is 0.119 e. The van der Waals surface area contributed by atoms with Crippen molar-refractivity contribution in [3.8, 4) is 5.75 Å². The fourth-order valence-electron chi connectivity index (χ4n) is 3.46. The number of methoxy groups -OCH3 is 1. The molecule has 2 aromatic carbocycles. The molecule has 0 radical (unpaired) electrons. The van der Waals surface area contributed by atoms with E-state index in [4.69, 9.17) is 4.74 Å². The van der Waals surface area contributed by atoms with Crippen molar-refractivity contribution in [2.75, 3.05) is 27.2 Å². The molecule has 0 amide bonds. The second kappa shape index (κ2) is 7.62. The van der Waals surface area contributed by atoms with E-state index in [0.29, 0.717) is 12.0 Å². The van der Waals surface area contributed by atoms with Crippen molar-refractivity contribution >= 4 is 0 Å². The second-order valence-corrected chi connectivity index (χ2v) is 6.49. The molecule has 1 fully saturated rings. The minimum absolute atomic E-state index is 0.519. The number of nitrogens with zero attached hydrogens (tertiary/aromatic N) is 1. The third-order valence-electron chi connectivity index (χ3n) is 4.64. The molecule has 2 unspecified atom stereocenters. The lowest BCUT2D eigenvalue weighted by Crippen LogP contribution is -2.46. The van der Waals surface area contributed by atoms with Crippen LogP contribution in [0.2, 0.25) is 0 Å². The minimum Gasteiger partial charge on any atom is -0.497 e. The highest BCUT2D eigenvalue weighted by Crippen LogP contribution is 2.28. The molecule has 3 rings (SSSR count). The molecule has 1 aliphatic heterocycles. The van der Waals surface area contributed by atoms with Crippen LogP contribution in [-0.4, -0.2) is 38.2 Å². The van der Waals surface area contributed by atoms with Gasteiger partial charge in [-0.1, -0.05) is 42.5 Å². The van der Waals surface area contributed by atoms with Gasteiger partial charge in [0.1, 0.15) is 5.75 Å². The van der Waals surface area contributed by atoms with Gasteiger partial charge in [-0.2, -0.15) is 0 Å². The van der Waals surface area contributed by atoms with Crippen LogP contribution in [0.15, 0.2) is 54.6 Å². The van der Waals surface area contributed by atoms with Crippen LogP contribution in [0, 0.1) is 0 Å². The average Bonchev–Trinajstić information content (AvgIpc) is 2.60. The predicted octanol–water partition coefficient (Wildman–Crippen LogP) is 3.27. The van der Waals surface area contributed by atoms with E-state index in [1.165, 1.54) is 17.5 Å². The predicted molar refractivity (Wildman–Crippen MR) is 94.9 cm³/mol. The zero-order valence-electron chi connectivity index (χ0n) is 14.0. The first-order valence-corrected chi connectivity index (χ1v) is 8.34. The lowest BCUT2D eigenvalue weighted by atomic mass is 9.88. The van der Waals surface area contributed by atoms with Gasteiger partial charge < -0.3 is 15.0 Å². The largest absolute Gasteiger partial charge is 0.497 e. The molecule has 3 heteroatoms. The van der Waals surface area contributed by atoms with Crippen LogP contribution in [-0.2, 0) is 6.54 Å². The number of nitrogens with one attached hydrogen (secondary N) is 1. The molecule has 23 heavy (non-hydrogen) atoms. The van der Waals surface area contributed by atoms with Gasteiger partial charge in [0.25, 0.3) is 0 Å². The summed E-state index contributed by atoms with van der Waals surface area (Å²) < 4.78 is 5.38. The van der Waals surface area contributed by atoms with Gasteiger partial charge in [-0.3, -0.25) is 0 Å². The Bertz CT molecular complexity index is 614. The Hall–Kier alpha value is -1.84. The van der Waals surface area contributed by atoms with Gasteiger partial charge in [0.15, 0.2) is 0 Å². The molecule has 2 atom stereocenters. The molecule has 0 aliphatic carbocycles. The van der Waals surface area contributed by atoms with Crippen LogP contribution < -0.4 is 10.1 Å². The third kappa shape index (κ3) is 4.34. The standard InChI is InChI=1S/C20H26N2O/c1-22-14-18(17-9-6-10-20(12-17)23-2)11-19(15-22)21-13-16-7-4-3-5-8-16/h3-10,12,18-19,21H,11,13-15H2,1-2H3. The summed E-state index contributed by atoms with van der Waals surface area (Å²) in [7, 11) is 3.94. The fourth-order valence-corrected chi connectivity index (χ4v) is 3.46. The van der Waals surface area contributed by atoms with Crippen LogP contribution >= 0.6 is 0 Å². The summed E-state index contributed by atoms with van der Waals surface area (Å²) in [5, 5.41) is 3.72. The summed E-state index contributed by atoms with van der Waals surface area (Å²) in [6, 6.07) is 19.7. The minimum atomic E-state index is 0.519. The van der Waals surface area contributed by atoms with E-state index in [0.717, 1.165) is 25.4 Å². The highest BCUT2D eigenvalue weighted by Gasteiger charge is 2.26. The van der Waals surface area contributed by atoms with Crippen molar-refractivity contribution in [1.29, 1.82) is 0 Å². The Morgan fingerprint density at radius 1 is 1.09 bits per heavy atom. The van der Waals surface area contributed by atoms with Crippen molar-refractivity contribution in [2.45, 2.75) is 24.9 Å². The SMILES string of the molecule is COc1cccc(C2CC(NCc3ccccc3)CN(C)C2)c1. The number of ether oxygens (including phenoxy) is 1. The molecule has 0 saturated carbocycles. The van der Waals surface area contributed by atoms with Crippen LogP contribution in [0.4, 0.5) is 0 Å². The van der Waals surface area contributed by atoms with Gasteiger partial charge in [0.2, 0.25) is 0 Å². The third-order valence-corrected chi connectivity index (χ3v) is 4.64. The molecular weight excluding hydrogens is 284 g/mol. The molecule has 3 nitrogen and oxygen atoms in total. The van der Waals surface area contributed by atoms with Crippen molar-refractivity contribution in [1.82, 2.24) is 10.2 Å². The summed E-state index contributed by atoms with van der Waals surface area (Å²) in [6.07, 6.45) is 1.17. The molecule has 1 aliphatic rings. The van der Waals surface area contributed by atoms with Crippen molar-refractivity contribution < 1.29 is 4.74 Å². The number of benzene rings is 2. The van der Waals surface area contributed by atoms with E-state index in [-0.39, 0.29) is 0 Å². The van der Waals surface area contributed by atoms with E-state index >= 15 is 0 Å². The fraction of sp³-hybridized carbons (Fsp3) is 0.400. The van der Waals surface area contributed by atoms with E-state index in [1.807, 2.05) is 6.07 Å². The molecule has 0 spiro atoms. The number of hydrogen-bond donors (Lipinski definition) is 1. The van der Waals surface area contributed by atoms with Gasteiger partial charge >= 0.3 is 0 Å². The van der Waals surface area contributed by atoms with Gasteiger partial charge in [0, 0.05) is 25.7 Å². The Kier molecular flexibility index (Phi) is 5.31. The summed E-state index contributed by atoms with van der Waals surface area (Å²) in [4.78, 5) is 2.43. The zero-order valence-corrected chi connectivity index (χ0v) is 14.0. The lowest BCUT2D eigenvalue weighted by Gasteiger charge is -2.36. The maximum atomic E-state index is 5.38. The van der Waals surface area contributed by atoms with Crippen LogP contribution in [0.25, 0.3) is 0 Å². The molecule has 1 heterocycles. The first kappa shape index (κ1) is 16.0. The summed E-state index contributed by atoms with van der Waals surface area (Å²) in [6.45, 7) is 3.15.